The lowest BCUT2D eigenvalue weighted by Crippen LogP contribution is -2.25. The lowest BCUT2D eigenvalue weighted by Gasteiger charge is -2.26. The Balaban J connectivity index is 1.29. The SMILES string of the molecule is O=c1c2ccccc2nc(CSc2nnc(C3COc4ccccc4O3)n2-c2ccccc2)n1-c1ccc(Cl)cc1. The predicted molar refractivity (Wildman–Crippen MR) is 159 cm³/mol. The van der Waals surface area contributed by atoms with Crippen LogP contribution in [0.4, 0.5) is 0 Å². The maximum atomic E-state index is 13.7. The van der Waals surface area contributed by atoms with Crippen LogP contribution in [-0.2, 0) is 5.75 Å². The molecule has 1 aliphatic rings. The molecule has 0 amide bonds. The van der Waals surface area contributed by atoms with Gasteiger partial charge in [-0.05, 0) is 60.7 Å². The van der Waals surface area contributed by atoms with Crippen LogP contribution in [0.5, 0.6) is 11.5 Å². The van der Waals surface area contributed by atoms with Gasteiger partial charge < -0.3 is 9.47 Å². The molecule has 0 saturated heterocycles. The van der Waals surface area contributed by atoms with Crippen molar-refractivity contribution in [3.8, 4) is 22.9 Å². The van der Waals surface area contributed by atoms with Gasteiger partial charge in [-0.1, -0.05) is 65.8 Å². The Morgan fingerprint density at radius 2 is 1.51 bits per heavy atom. The molecular weight excluding hydrogens is 558 g/mol. The predicted octanol–water partition coefficient (Wildman–Crippen LogP) is 6.42. The van der Waals surface area contributed by atoms with Gasteiger partial charge in [-0.2, -0.15) is 0 Å². The Labute approximate surface area is 244 Å². The van der Waals surface area contributed by atoms with Crippen LogP contribution in [0.15, 0.2) is 113 Å². The summed E-state index contributed by atoms with van der Waals surface area (Å²) in [6, 6.07) is 32.0. The van der Waals surface area contributed by atoms with Gasteiger partial charge in [0.15, 0.2) is 28.6 Å². The number of fused-ring (bicyclic) bond motifs is 2. The van der Waals surface area contributed by atoms with Gasteiger partial charge in [0.25, 0.3) is 5.56 Å². The minimum atomic E-state index is -0.460. The van der Waals surface area contributed by atoms with Gasteiger partial charge in [0.2, 0.25) is 0 Å². The molecule has 8 nitrogen and oxygen atoms in total. The van der Waals surface area contributed by atoms with Gasteiger partial charge in [-0.25, -0.2) is 4.98 Å². The van der Waals surface area contributed by atoms with Crippen molar-refractivity contribution in [2.24, 2.45) is 0 Å². The lowest BCUT2D eigenvalue weighted by molar-refractivity contribution is 0.0835. The summed E-state index contributed by atoms with van der Waals surface area (Å²) in [5, 5.41) is 10.9. The van der Waals surface area contributed by atoms with Gasteiger partial charge in [0, 0.05) is 10.7 Å². The van der Waals surface area contributed by atoms with Crippen molar-refractivity contribution in [3.63, 3.8) is 0 Å². The molecule has 6 aromatic rings. The van der Waals surface area contributed by atoms with Crippen molar-refractivity contribution in [1.82, 2.24) is 24.3 Å². The number of para-hydroxylation sites is 4. The minimum absolute atomic E-state index is 0.148. The first kappa shape index (κ1) is 25.4. The average Bonchev–Trinajstić information content (AvgIpc) is 3.45. The van der Waals surface area contributed by atoms with E-state index in [1.165, 1.54) is 11.8 Å². The van der Waals surface area contributed by atoms with Crippen LogP contribution in [0.1, 0.15) is 17.8 Å². The second-order valence-electron chi connectivity index (χ2n) is 9.33. The highest BCUT2D eigenvalue weighted by atomic mass is 35.5. The summed E-state index contributed by atoms with van der Waals surface area (Å²) in [6.07, 6.45) is -0.460. The first-order valence-corrected chi connectivity index (χ1v) is 14.3. The van der Waals surface area contributed by atoms with Gasteiger partial charge in [0.1, 0.15) is 12.4 Å². The molecule has 3 heterocycles. The first-order valence-electron chi connectivity index (χ1n) is 12.9. The average molecular weight is 580 g/mol. The number of hydrogen-bond acceptors (Lipinski definition) is 7. The van der Waals surface area contributed by atoms with E-state index in [2.05, 4.69) is 10.2 Å². The van der Waals surface area contributed by atoms with Crippen LogP contribution in [0, 0.1) is 0 Å². The van der Waals surface area contributed by atoms with E-state index in [-0.39, 0.29) is 5.56 Å². The smallest absolute Gasteiger partial charge is 0.265 e. The molecular formula is C31H22ClN5O3S. The van der Waals surface area contributed by atoms with Crippen LogP contribution in [0.25, 0.3) is 22.3 Å². The van der Waals surface area contributed by atoms with Crippen LogP contribution < -0.4 is 15.0 Å². The number of nitrogens with zero attached hydrogens (tertiary/aromatic N) is 5. The summed E-state index contributed by atoms with van der Waals surface area (Å²) in [5.74, 6) is 2.92. The van der Waals surface area contributed by atoms with Crippen LogP contribution in [-0.4, -0.2) is 30.9 Å². The molecule has 1 aliphatic heterocycles. The number of rotatable bonds is 6. The van der Waals surface area contributed by atoms with Crippen molar-refractivity contribution >= 4 is 34.3 Å². The number of thioether (sulfide) groups is 1. The Hall–Kier alpha value is -4.60. The molecule has 2 aromatic heterocycles. The summed E-state index contributed by atoms with van der Waals surface area (Å²) < 4.78 is 15.9. The molecule has 0 N–H and O–H groups in total. The van der Waals surface area contributed by atoms with Crippen molar-refractivity contribution in [3.05, 3.63) is 130 Å². The van der Waals surface area contributed by atoms with E-state index in [0.717, 1.165) is 5.69 Å². The standard InChI is InChI=1S/C31H22ClN5O3S/c32-20-14-16-22(17-15-20)36-28(33-24-11-5-4-10-23(24)30(36)38)19-41-31-35-34-29(37(31)21-8-2-1-3-9-21)27-18-39-25-12-6-7-13-26(25)40-27/h1-17,27H,18-19H2. The maximum absolute atomic E-state index is 13.7. The largest absolute Gasteiger partial charge is 0.485 e. The monoisotopic (exact) mass is 579 g/mol. The van der Waals surface area contributed by atoms with E-state index in [4.69, 9.17) is 26.1 Å². The summed E-state index contributed by atoms with van der Waals surface area (Å²) in [7, 11) is 0. The fraction of sp³-hybridized carbons (Fsp3) is 0.0968. The third-order valence-corrected chi connectivity index (χ3v) is 7.91. The molecule has 4 aromatic carbocycles. The molecule has 10 heteroatoms. The van der Waals surface area contributed by atoms with Crippen LogP contribution >= 0.6 is 23.4 Å². The third kappa shape index (κ3) is 4.83. The number of ether oxygens (including phenoxy) is 2. The highest BCUT2D eigenvalue weighted by Gasteiger charge is 2.29. The van der Waals surface area contributed by atoms with Gasteiger partial charge in [-0.15, -0.1) is 10.2 Å². The lowest BCUT2D eigenvalue weighted by atomic mass is 10.2. The molecule has 0 fully saturated rings. The Morgan fingerprint density at radius 1 is 0.805 bits per heavy atom. The van der Waals surface area contributed by atoms with E-state index in [1.807, 2.05) is 89.5 Å². The molecule has 202 valence electrons. The van der Waals surface area contributed by atoms with Gasteiger partial charge in [-0.3, -0.25) is 13.9 Å². The first-order chi connectivity index (χ1) is 20.2. The van der Waals surface area contributed by atoms with E-state index < -0.39 is 6.10 Å². The second-order valence-corrected chi connectivity index (χ2v) is 10.7. The summed E-state index contributed by atoms with van der Waals surface area (Å²) in [4.78, 5) is 18.5. The van der Waals surface area contributed by atoms with Crippen LogP contribution in [0.2, 0.25) is 5.02 Å². The number of benzene rings is 4. The maximum Gasteiger partial charge on any atom is 0.265 e. The number of halogens is 1. The second kappa shape index (κ2) is 10.8. The molecule has 41 heavy (non-hydrogen) atoms. The zero-order valence-corrected chi connectivity index (χ0v) is 23.1. The molecule has 0 spiro atoms. The zero-order valence-electron chi connectivity index (χ0n) is 21.6. The Bertz CT molecular complexity index is 1930. The molecule has 7 rings (SSSR count). The number of hydrogen-bond donors (Lipinski definition) is 0. The zero-order chi connectivity index (χ0) is 27.8. The van der Waals surface area contributed by atoms with Gasteiger partial charge >= 0.3 is 0 Å². The fourth-order valence-electron chi connectivity index (χ4n) is 4.81. The van der Waals surface area contributed by atoms with Crippen molar-refractivity contribution in [2.75, 3.05) is 6.61 Å². The minimum Gasteiger partial charge on any atom is -0.485 e. The summed E-state index contributed by atoms with van der Waals surface area (Å²) >= 11 is 7.58. The van der Waals surface area contributed by atoms with E-state index >= 15 is 0 Å². The van der Waals surface area contributed by atoms with Crippen molar-refractivity contribution in [2.45, 2.75) is 17.0 Å². The topological polar surface area (TPSA) is 84.1 Å². The normalized spacial score (nSPS) is 14.3. The molecule has 0 radical (unpaired) electrons. The third-order valence-electron chi connectivity index (χ3n) is 6.73. The Morgan fingerprint density at radius 3 is 2.34 bits per heavy atom. The van der Waals surface area contributed by atoms with Crippen LogP contribution in [0.3, 0.4) is 0 Å². The van der Waals surface area contributed by atoms with Crippen molar-refractivity contribution < 1.29 is 9.47 Å². The Kier molecular flexibility index (Phi) is 6.66. The quantitative estimate of drug-likeness (QED) is 0.210. The molecule has 1 atom stereocenters. The molecule has 0 aliphatic carbocycles. The summed E-state index contributed by atoms with van der Waals surface area (Å²) in [5.41, 5.74) is 2.06. The highest BCUT2D eigenvalue weighted by Crippen LogP contribution is 2.37. The van der Waals surface area contributed by atoms with Gasteiger partial charge in [0.05, 0.1) is 22.3 Å². The van der Waals surface area contributed by atoms with E-state index in [1.54, 1.807) is 22.8 Å². The molecule has 0 bridgehead atoms. The number of aromatic nitrogens is 5. The van der Waals surface area contributed by atoms with E-state index in [0.29, 0.717) is 62.3 Å². The van der Waals surface area contributed by atoms with Crippen molar-refractivity contribution in [1.29, 1.82) is 0 Å². The molecule has 0 saturated carbocycles. The fourth-order valence-corrected chi connectivity index (χ4v) is 5.82. The van der Waals surface area contributed by atoms with E-state index in [9.17, 15) is 4.79 Å². The summed E-state index contributed by atoms with van der Waals surface area (Å²) in [6.45, 7) is 0.301. The molecule has 1 unspecified atom stereocenters. The highest BCUT2D eigenvalue weighted by molar-refractivity contribution is 7.98.